The minimum Gasteiger partial charge on any atom is -0.378 e. The van der Waals surface area contributed by atoms with E-state index in [-0.39, 0.29) is 34.4 Å². The van der Waals surface area contributed by atoms with Crippen molar-refractivity contribution < 1.29 is 48.3 Å². The largest absolute Gasteiger partial charge is 0.378 e. The molecular formula is C28H45N3O11S3. The van der Waals surface area contributed by atoms with Gasteiger partial charge in [-0.3, -0.25) is 38.0 Å². The molecule has 1 aromatic heterocycles. The van der Waals surface area contributed by atoms with Crippen LogP contribution < -0.4 is 11.2 Å². The Morgan fingerprint density at radius 3 is 1.98 bits per heavy atom. The molecule has 1 fully saturated rings. The molecule has 45 heavy (non-hydrogen) atoms. The molecular weight excluding hydrogens is 651 g/mol. The highest BCUT2D eigenvalue weighted by atomic mass is 32.2. The van der Waals surface area contributed by atoms with Crippen molar-refractivity contribution in [3.05, 3.63) is 22.7 Å². The molecule has 2 heterocycles. The lowest BCUT2D eigenvalue weighted by molar-refractivity contribution is -0.134. The van der Waals surface area contributed by atoms with Crippen molar-refractivity contribution in [1.29, 1.82) is 0 Å². The highest BCUT2D eigenvalue weighted by Crippen LogP contribution is 2.35. The van der Waals surface area contributed by atoms with Gasteiger partial charge in [0, 0.05) is 28.2 Å². The smallest absolute Gasteiger partial charge is 0.351 e. The molecule has 0 unspecified atom stereocenters. The summed E-state index contributed by atoms with van der Waals surface area (Å²) in [4.78, 5) is 53.6. The minimum atomic E-state index is -2.30. The van der Waals surface area contributed by atoms with E-state index >= 15 is 0 Å². The van der Waals surface area contributed by atoms with Gasteiger partial charge in [0.05, 0.1) is 38.7 Å². The second kappa shape index (κ2) is 17.6. The Hall–Kier alpha value is -1.54. The van der Waals surface area contributed by atoms with Crippen molar-refractivity contribution >= 4 is 57.0 Å². The normalized spacial score (nSPS) is 22.7. The molecule has 0 aromatic carbocycles. The van der Waals surface area contributed by atoms with Crippen molar-refractivity contribution in [3.63, 3.8) is 0 Å². The van der Waals surface area contributed by atoms with Gasteiger partial charge in [0.25, 0.3) is 0 Å². The monoisotopic (exact) mass is 696 g/mol. The Labute approximate surface area is 278 Å². The van der Waals surface area contributed by atoms with Crippen LogP contribution in [0.2, 0.25) is 0 Å². The summed E-state index contributed by atoms with van der Waals surface area (Å²) in [6.45, 7) is 15.0. The molecule has 0 amide bonds. The fraction of sp³-hybridized carbons (Fsp3) is 0.750. The first-order chi connectivity index (χ1) is 21.2. The zero-order chi connectivity index (χ0) is 34.9. The molecule has 0 bridgehead atoms. The summed E-state index contributed by atoms with van der Waals surface area (Å²) in [6, 6.07) is 1.24. The molecule has 0 radical (unpaired) electrons. The summed E-state index contributed by atoms with van der Waals surface area (Å²) in [7, 11) is 0. The third-order valence-corrected chi connectivity index (χ3v) is 8.99. The van der Waals surface area contributed by atoms with Gasteiger partial charge in [-0.2, -0.15) is 4.98 Å². The maximum Gasteiger partial charge on any atom is 0.351 e. The van der Waals surface area contributed by atoms with E-state index in [1.54, 1.807) is 47.0 Å². The zero-order valence-electron chi connectivity index (χ0n) is 28.1. The molecule has 14 nitrogen and oxygen atoms in total. The van der Waals surface area contributed by atoms with Gasteiger partial charge in [-0.1, -0.05) is 74.1 Å². The number of carbonyl (C=O) groups is 3. The Bertz CT molecular complexity index is 1250. The fourth-order valence-corrected chi connectivity index (χ4v) is 4.90. The number of rotatable bonds is 15. The van der Waals surface area contributed by atoms with Crippen LogP contribution in [0.25, 0.3) is 0 Å². The first kappa shape index (κ1) is 37.9. The molecule has 1 saturated heterocycles. The number of aromatic nitrogens is 2. The predicted molar refractivity (Wildman–Crippen MR) is 171 cm³/mol. The van der Waals surface area contributed by atoms with Crippen LogP contribution in [-0.2, 0) is 41.7 Å². The molecule has 2 rings (SSSR count). The van der Waals surface area contributed by atoms with Gasteiger partial charge in [0.15, 0.2) is 30.7 Å². The maximum atomic E-state index is 12.9. The average Bonchev–Trinajstić information content (AvgIpc) is 3.21. The third kappa shape index (κ3) is 12.9. The van der Waals surface area contributed by atoms with Crippen molar-refractivity contribution in [1.82, 2.24) is 9.55 Å². The highest BCUT2D eigenvalue weighted by Gasteiger charge is 2.48. The van der Waals surface area contributed by atoms with Crippen LogP contribution in [-0.4, -0.2) is 81.0 Å². The van der Waals surface area contributed by atoms with Gasteiger partial charge in [-0.05, 0) is 6.07 Å². The molecule has 17 heteroatoms. The zero-order valence-corrected chi connectivity index (χ0v) is 29.5. The lowest BCUT2D eigenvalue weighted by Crippen LogP contribution is -2.40. The van der Waals surface area contributed by atoms with Gasteiger partial charge in [0.2, 0.25) is 10.2 Å². The number of carbonyl (C=O) groups excluding carboxylic acids is 3. The highest BCUT2D eigenvalue weighted by molar-refractivity contribution is 8.13. The number of nitrogens with one attached hydrogen (secondary N) is 1. The molecule has 4 atom stereocenters. The molecule has 0 aliphatic carbocycles. The van der Waals surface area contributed by atoms with Crippen LogP contribution in [0, 0.1) is 16.2 Å². The van der Waals surface area contributed by atoms with Crippen molar-refractivity contribution in [2.24, 2.45) is 16.2 Å². The summed E-state index contributed by atoms with van der Waals surface area (Å²) in [5.41, 5.74) is -1.06. The first-order valence-electron chi connectivity index (χ1n) is 14.6. The molecule has 1 aromatic rings. The van der Waals surface area contributed by atoms with E-state index in [4.69, 9.17) is 27.3 Å². The number of nitrogens with zero attached hydrogens (tertiary/aromatic N) is 2. The molecule has 2 N–H and O–H groups in total. The molecule has 256 valence electrons. The van der Waals surface area contributed by atoms with E-state index in [1.807, 2.05) is 20.8 Å². The molecule has 1 aliphatic heterocycles. The lowest BCUT2D eigenvalue weighted by atomic mass is 9.99. The Morgan fingerprint density at radius 1 is 0.956 bits per heavy atom. The summed E-state index contributed by atoms with van der Waals surface area (Å²) < 4.78 is 44.6. The van der Waals surface area contributed by atoms with E-state index in [9.17, 15) is 25.8 Å². The van der Waals surface area contributed by atoms with Gasteiger partial charge in [-0.25, -0.2) is 4.79 Å². The third-order valence-electron chi connectivity index (χ3n) is 5.79. The summed E-state index contributed by atoms with van der Waals surface area (Å²) in [5, 5.41) is 8.68. The topological polar surface area (TPSA) is 174 Å². The van der Waals surface area contributed by atoms with Crippen LogP contribution >= 0.6 is 35.8 Å². The van der Waals surface area contributed by atoms with Crippen LogP contribution in [0.5, 0.6) is 0 Å². The molecule has 0 saturated carbocycles. The van der Waals surface area contributed by atoms with Crippen molar-refractivity contribution in [2.45, 2.75) is 86.8 Å². The summed E-state index contributed by atoms with van der Waals surface area (Å²) >= 11 is 2.32. The Balaban J connectivity index is 2.31. The van der Waals surface area contributed by atoms with E-state index in [1.165, 1.54) is 12.3 Å². The quantitative estimate of drug-likeness (QED) is 0.114. The SMILES string of the molecule is [2H][C@@]1(n2ccc(NO)nc2=O)O[C@H](COCCSC(=O)C(C)(C)C)[C@@H](OCOSC(=O)C(C)(C)C)[C@H]1OCOSC(=O)C(C)(C)C. The van der Waals surface area contributed by atoms with Crippen LogP contribution in [0.4, 0.5) is 5.82 Å². The summed E-state index contributed by atoms with van der Waals surface area (Å²) in [6.07, 6.45) is -4.66. The van der Waals surface area contributed by atoms with Crippen molar-refractivity contribution in [3.8, 4) is 0 Å². The number of ether oxygens (including phenoxy) is 4. The summed E-state index contributed by atoms with van der Waals surface area (Å²) in [5.74, 6) is 0.200. The second-order valence-electron chi connectivity index (χ2n) is 13.0. The van der Waals surface area contributed by atoms with Gasteiger partial charge in [0.1, 0.15) is 18.3 Å². The van der Waals surface area contributed by atoms with E-state index in [0.29, 0.717) is 29.8 Å². The molecule has 1 aliphatic rings. The van der Waals surface area contributed by atoms with E-state index in [0.717, 1.165) is 16.3 Å². The number of anilines is 1. The van der Waals surface area contributed by atoms with Crippen LogP contribution in [0.15, 0.2) is 17.1 Å². The number of hydrogen-bond acceptors (Lipinski definition) is 16. The lowest BCUT2D eigenvalue weighted by Gasteiger charge is -2.25. The Kier molecular flexibility index (Phi) is 14.8. The predicted octanol–water partition coefficient (Wildman–Crippen LogP) is 4.42. The van der Waals surface area contributed by atoms with Crippen LogP contribution in [0.3, 0.4) is 0 Å². The van der Waals surface area contributed by atoms with Crippen molar-refractivity contribution in [2.75, 3.05) is 38.0 Å². The first-order valence-corrected chi connectivity index (χ1v) is 16.5. The van der Waals surface area contributed by atoms with Gasteiger partial charge >= 0.3 is 5.69 Å². The van der Waals surface area contributed by atoms with E-state index in [2.05, 4.69) is 4.98 Å². The van der Waals surface area contributed by atoms with Crippen LogP contribution in [0.1, 0.15) is 69.9 Å². The average molecular weight is 697 g/mol. The van der Waals surface area contributed by atoms with Gasteiger partial charge < -0.3 is 18.9 Å². The number of hydrogen-bond donors (Lipinski definition) is 2. The second-order valence-corrected chi connectivity index (χ2v) is 15.6. The number of thioether (sulfide) groups is 1. The molecule has 0 spiro atoms. The minimum absolute atomic E-state index is 0.00280. The van der Waals surface area contributed by atoms with E-state index < -0.39 is 60.0 Å². The fourth-order valence-electron chi connectivity index (χ4n) is 3.16. The maximum absolute atomic E-state index is 12.9. The standard InChI is InChI=1S/C28H45N3O11S3/c1-26(2,3)22(32)43-13-12-37-14-17-19(38-15-40-44-23(33)27(4,5)6)20(39-16-41-45-24(34)28(7,8)9)21(42-17)31-11-10-18(30-36)29-25(31)35/h10-11,17,19-21,36H,12-16H2,1-9H3,(H,29,30,35)/t17-,19-,20-,21-/m1/s1/i21D. The Morgan fingerprint density at radius 2 is 1.49 bits per heavy atom. The van der Waals surface area contributed by atoms with Gasteiger partial charge in [-0.15, -0.1) is 0 Å².